The number of benzene rings is 1. The van der Waals surface area contributed by atoms with Crippen LogP contribution in [0, 0.1) is 10.1 Å². The number of hydrogen-bond donors (Lipinski definition) is 1. The predicted octanol–water partition coefficient (Wildman–Crippen LogP) is 3.05. The minimum absolute atomic E-state index is 0.0101. The molecule has 4 nitrogen and oxygen atoms in total. The molecule has 0 aliphatic carbocycles. The zero-order valence-corrected chi connectivity index (χ0v) is 9.20. The lowest BCUT2D eigenvalue weighted by atomic mass is 10.0. The number of rotatable bonds is 4. The molecule has 1 atom stereocenters. The van der Waals surface area contributed by atoms with Crippen molar-refractivity contribution < 1.29 is 4.92 Å². The van der Waals surface area contributed by atoms with Gasteiger partial charge in [-0.3, -0.25) is 10.1 Å². The Labute approximate surface area is 93.2 Å². The third-order valence-corrected chi connectivity index (χ3v) is 2.36. The summed E-state index contributed by atoms with van der Waals surface area (Å²) in [6.45, 7) is 2.01. The van der Waals surface area contributed by atoms with Gasteiger partial charge >= 0.3 is 0 Å². The molecule has 0 aromatic heterocycles. The highest BCUT2D eigenvalue weighted by molar-refractivity contribution is 6.30. The van der Waals surface area contributed by atoms with E-state index >= 15 is 0 Å². The molecular formula is C10H13ClN2O2. The van der Waals surface area contributed by atoms with E-state index in [-0.39, 0.29) is 11.7 Å². The topological polar surface area (TPSA) is 69.2 Å². The molecule has 0 saturated heterocycles. The molecule has 5 heteroatoms. The summed E-state index contributed by atoms with van der Waals surface area (Å²) in [5, 5.41) is 10.9. The van der Waals surface area contributed by atoms with Crippen molar-refractivity contribution in [3.8, 4) is 0 Å². The maximum Gasteiger partial charge on any atom is 0.271 e. The minimum atomic E-state index is -0.464. The molecule has 0 bridgehead atoms. The standard InChI is InChI=1S/C10H13ClN2O2/c1-2-3-10(12)7-4-8(11)6-9(5-7)13(14)15/h4-6,10H,2-3,12H2,1H3. The van der Waals surface area contributed by atoms with Crippen molar-refractivity contribution in [2.45, 2.75) is 25.8 Å². The number of non-ortho nitro benzene ring substituents is 1. The second-order valence-corrected chi connectivity index (χ2v) is 3.83. The smallest absolute Gasteiger partial charge is 0.271 e. The molecule has 0 heterocycles. The third kappa shape index (κ3) is 3.18. The van der Waals surface area contributed by atoms with Crippen LogP contribution in [0.5, 0.6) is 0 Å². The van der Waals surface area contributed by atoms with Crippen LogP contribution in [-0.2, 0) is 0 Å². The molecule has 0 aliphatic heterocycles. The van der Waals surface area contributed by atoms with Gasteiger partial charge in [-0.1, -0.05) is 24.9 Å². The van der Waals surface area contributed by atoms with Gasteiger partial charge in [-0.05, 0) is 18.1 Å². The van der Waals surface area contributed by atoms with E-state index in [9.17, 15) is 10.1 Å². The number of nitrogens with two attached hydrogens (primary N) is 1. The van der Waals surface area contributed by atoms with Crippen LogP contribution < -0.4 is 5.73 Å². The Bertz CT molecular complexity index is 368. The molecule has 1 aromatic rings. The highest BCUT2D eigenvalue weighted by Gasteiger charge is 2.12. The Balaban J connectivity index is 3.03. The van der Waals surface area contributed by atoms with Gasteiger partial charge in [0, 0.05) is 23.2 Å². The second-order valence-electron chi connectivity index (χ2n) is 3.40. The zero-order chi connectivity index (χ0) is 11.4. The van der Waals surface area contributed by atoms with E-state index in [4.69, 9.17) is 17.3 Å². The maximum atomic E-state index is 10.6. The number of nitro groups is 1. The van der Waals surface area contributed by atoms with Crippen molar-refractivity contribution in [3.05, 3.63) is 38.9 Å². The van der Waals surface area contributed by atoms with E-state index in [1.54, 1.807) is 6.07 Å². The molecule has 0 saturated carbocycles. The van der Waals surface area contributed by atoms with Gasteiger partial charge < -0.3 is 5.73 Å². The van der Waals surface area contributed by atoms with Gasteiger partial charge in [0.25, 0.3) is 5.69 Å². The number of nitro benzene ring substituents is 1. The van der Waals surface area contributed by atoms with Crippen LogP contribution in [0.2, 0.25) is 5.02 Å². The molecule has 1 aromatic carbocycles. The van der Waals surface area contributed by atoms with Crippen LogP contribution in [0.3, 0.4) is 0 Å². The van der Waals surface area contributed by atoms with Gasteiger partial charge in [0.1, 0.15) is 0 Å². The largest absolute Gasteiger partial charge is 0.324 e. The van der Waals surface area contributed by atoms with Crippen LogP contribution in [0.1, 0.15) is 31.4 Å². The summed E-state index contributed by atoms with van der Waals surface area (Å²) in [5.41, 5.74) is 6.57. The highest BCUT2D eigenvalue weighted by Crippen LogP contribution is 2.25. The van der Waals surface area contributed by atoms with Gasteiger partial charge in [-0.15, -0.1) is 0 Å². The van der Waals surface area contributed by atoms with E-state index < -0.39 is 4.92 Å². The molecule has 2 N–H and O–H groups in total. The molecule has 1 rings (SSSR count). The third-order valence-electron chi connectivity index (χ3n) is 2.14. The van der Waals surface area contributed by atoms with Crippen LogP contribution in [-0.4, -0.2) is 4.92 Å². The van der Waals surface area contributed by atoms with Crippen LogP contribution in [0.25, 0.3) is 0 Å². The Kier molecular flexibility index (Phi) is 4.05. The SMILES string of the molecule is CCCC(N)c1cc(Cl)cc([N+](=O)[O-])c1. The second kappa shape index (κ2) is 5.09. The quantitative estimate of drug-likeness (QED) is 0.636. The van der Waals surface area contributed by atoms with Crippen molar-refractivity contribution in [2.24, 2.45) is 5.73 Å². The lowest BCUT2D eigenvalue weighted by molar-refractivity contribution is -0.384. The monoisotopic (exact) mass is 228 g/mol. The Morgan fingerprint density at radius 1 is 1.53 bits per heavy atom. The van der Waals surface area contributed by atoms with Crippen LogP contribution in [0.15, 0.2) is 18.2 Å². The maximum absolute atomic E-state index is 10.6. The first kappa shape index (κ1) is 11.9. The van der Waals surface area contributed by atoms with Gasteiger partial charge in [0.2, 0.25) is 0 Å². The van der Waals surface area contributed by atoms with Crippen molar-refractivity contribution in [1.82, 2.24) is 0 Å². The van der Waals surface area contributed by atoms with Gasteiger partial charge in [-0.2, -0.15) is 0 Å². The normalized spacial score (nSPS) is 12.5. The zero-order valence-electron chi connectivity index (χ0n) is 8.44. The van der Waals surface area contributed by atoms with Gasteiger partial charge in [0.15, 0.2) is 0 Å². The lowest BCUT2D eigenvalue weighted by Gasteiger charge is -2.10. The fraction of sp³-hybridized carbons (Fsp3) is 0.400. The van der Waals surface area contributed by atoms with Gasteiger partial charge in [0.05, 0.1) is 4.92 Å². The fourth-order valence-corrected chi connectivity index (χ4v) is 1.63. The average molecular weight is 229 g/mol. The summed E-state index contributed by atoms with van der Waals surface area (Å²) in [6, 6.07) is 4.29. The minimum Gasteiger partial charge on any atom is -0.324 e. The Morgan fingerprint density at radius 2 is 2.20 bits per heavy atom. The summed E-state index contributed by atoms with van der Waals surface area (Å²) in [5.74, 6) is 0. The summed E-state index contributed by atoms with van der Waals surface area (Å²) < 4.78 is 0. The first-order valence-electron chi connectivity index (χ1n) is 4.75. The Morgan fingerprint density at radius 3 is 2.73 bits per heavy atom. The van der Waals surface area contributed by atoms with E-state index in [2.05, 4.69) is 0 Å². The van der Waals surface area contributed by atoms with E-state index in [0.717, 1.165) is 18.4 Å². The predicted molar refractivity (Wildman–Crippen MR) is 59.9 cm³/mol. The summed E-state index contributed by atoms with van der Waals surface area (Å²) in [6.07, 6.45) is 1.72. The first-order valence-corrected chi connectivity index (χ1v) is 5.13. The van der Waals surface area contributed by atoms with Crippen molar-refractivity contribution in [2.75, 3.05) is 0 Å². The van der Waals surface area contributed by atoms with Crippen molar-refractivity contribution in [1.29, 1.82) is 0 Å². The molecule has 0 amide bonds. The summed E-state index contributed by atoms with van der Waals surface area (Å²) >= 11 is 5.78. The lowest BCUT2D eigenvalue weighted by Crippen LogP contribution is -2.10. The number of halogens is 1. The van der Waals surface area contributed by atoms with Gasteiger partial charge in [-0.25, -0.2) is 0 Å². The molecule has 0 aliphatic rings. The van der Waals surface area contributed by atoms with Crippen molar-refractivity contribution in [3.63, 3.8) is 0 Å². The summed E-state index contributed by atoms with van der Waals surface area (Å²) in [7, 11) is 0. The first-order chi connectivity index (χ1) is 7.04. The van der Waals surface area contributed by atoms with Crippen LogP contribution in [0.4, 0.5) is 5.69 Å². The molecule has 15 heavy (non-hydrogen) atoms. The van der Waals surface area contributed by atoms with E-state index in [1.165, 1.54) is 12.1 Å². The highest BCUT2D eigenvalue weighted by atomic mass is 35.5. The number of hydrogen-bond acceptors (Lipinski definition) is 3. The molecule has 1 unspecified atom stereocenters. The van der Waals surface area contributed by atoms with Crippen LogP contribution >= 0.6 is 11.6 Å². The molecular weight excluding hydrogens is 216 g/mol. The molecule has 0 radical (unpaired) electrons. The number of nitrogens with zero attached hydrogens (tertiary/aromatic N) is 1. The average Bonchev–Trinajstić information content (AvgIpc) is 2.17. The van der Waals surface area contributed by atoms with Crippen molar-refractivity contribution >= 4 is 17.3 Å². The molecule has 0 fully saturated rings. The van der Waals surface area contributed by atoms with E-state index in [0.29, 0.717) is 5.02 Å². The molecule has 82 valence electrons. The van der Waals surface area contributed by atoms with E-state index in [1.807, 2.05) is 6.92 Å². The molecule has 0 spiro atoms. The Hall–Kier alpha value is -1.13. The summed E-state index contributed by atoms with van der Waals surface area (Å²) in [4.78, 5) is 10.1. The fourth-order valence-electron chi connectivity index (χ4n) is 1.39.